The summed E-state index contributed by atoms with van der Waals surface area (Å²) < 4.78 is 11.7. The first kappa shape index (κ1) is 13.7. The van der Waals surface area contributed by atoms with Gasteiger partial charge in [-0.05, 0) is 44.3 Å². The molecule has 0 saturated heterocycles. The summed E-state index contributed by atoms with van der Waals surface area (Å²) in [6.07, 6.45) is 0. The number of hydrogen-bond donors (Lipinski definition) is 1. The van der Waals surface area contributed by atoms with Gasteiger partial charge >= 0.3 is 0 Å². The summed E-state index contributed by atoms with van der Waals surface area (Å²) in [7, 11) is 1.91. The Hall–Kier alpha value is -2.26. The summed E-state index contributed by atoms with van der Waals surface area (Å²) >= 11 is 0. The Labute approximate surface area is 124 Å². The van der Waals surface area contributed by atoms with Crippen LogP contribution in [0.4, 0.5) is 0 Å². The molecule has 1 atom stereocenters. The largest absolute Gasteiger partial charge is 0.491 e. The molecule has 0 saturated carbocycles. The minimum absolute atomic E-state index is 0.0258. The number of likely N-dealkylation sites (N-methyl/N-ethyl adjacent to an activating group) is 1. The van der Waals surface area contributed by atoms with E-state index in [0.717, 1.165) is 22.5 Å². The molecule has 3 rings (SSSR count). The van der Waals surface area contributed by atoms with Crippen LogP contribution in [0.15, 0.2) is 59.0 Å². The van der Waals surface area contributed by atoms with E-state index in [1.54, 1.807) is 0 Å². The van der Waals surface area contributed by atoms with E-state index in [1.807, 2.05) is 43.4 Å². The molecule has 0 spiro atoms. The highest BCUT2D eigenvalue weighted by molar-refractivity contribution is 5.78. The van der Waals surface area contributed by atoms with Gasteiger partial charge in [-0.1, -0.05) is 29.8 Å². The molecule has 3 nitrogen and oxygen atoms in total. The summed E-state index contributed by atoms with van der Waals surface area (Å²) in [6, 6.07) is 18.1. The average Bonchev–Trinajstić information content (AvgIpc) is 2.92. The van der Waals surface area contributed by atoms with Crippen LogP contribution < -0.4 is 10.1 Å². The number of benzene rings is 2. The number of rotatable bonds is 5. The van der Waals surface area contributed by atoms with Gasteiger partial charge in [0.05, 0.1) is 6.04 Å². The number of furan rings is 1. The van der Waals surface area contributed by atoms with Crippen LogP contribution in [-0.2, 0) is 0 Å². The smallest absolute Gasteiger partial charge is 0.134 e. The SMILES string of the molecule is CNC(COc1ccccc1)c1cc2cc(C)ccc2o1. The highest BCUT2D eigenvalue weighted by Gasteiger charge is 2.15. The molecular formula is C18H19NO2. The lowest BCUT2D eigenvalue weighted by atomic mass is 10.1. The number of aryl methyl sites for hydroxylation is 1. The number of hydrogen-bond acceptors (Lipinski definition) is 3. The number of fused-ring (bicyclic) bond motifs is 1. The molecule has 0 aliphatic carbocycles. The van der Waals surface area contributed by atoms with Crippen molar-refractivity contribution in [2.24, 2.45) is 0 Å². The molecule has 1 aromatic heterocycles. The maximum Gasteiger partial charge on any atom is 0.134 e. The predicted octanol–water partition coefficient (Wildman–Crippen LogP) is 4.08. The summed E-state index contributed by atoms with van der Waals surface area (Å²) in [4.78, 5) is 0. The van der Waals surface area contributed by atoms with Gasteiger partial charge in [-0.3, -0.25) is 0 Å². The van der Waals surface area contributed by atoms with Gasteiger partial charge in [-0.15, -0.1) is 0 Å². The molecular weight excluding hydrogens is 262 g/mol. The number of ether oxygens (including phenoxy) is 1. The van der Waals surface area contributed by atoms with Crippen LogP contribution in [0.1, 0.15) is 17.4 Å². The first-order chi connectivity index (χ1) is 10.3. The fraction of sp³-hybridized carbons (Fsp3) is 0.222. The topological polar surface area (TPSA) is 34.4 Å². The highest BCUT2D eigenvalue weighted by atomic mass is 16.5. The quantitative estimate of drug-likeness (QED) is 0.765. The molecule has 0 bridgehead atoms. The van der Waals surface area contributed by atoms with Crippen molar-refractivity contribution in [2.75, 3.05) is 13.7 Å². The van der Waals surface area contributed by atoms with Gasteiger partial charge in [0.2, 0.25) is 0 Å². The van der Waals surface area contributed by atoms with Crippen LogP contribution in [0.2, 0.25) is 0 Å². The van der Waals surface area contributed by atoms with Gasteiger partial charge in [0.15, 0.2) is 0 Å². The molecule has 0 amide bonds. The molecule has 2 aromatic carbocycles. The first-order valence-corrected chi connectivity index (χ1v) is 7.11. The van der Waals surface area contributed by atoms with E-state index >= 15 is 0 Å². The van der Waals surface area contributed by atoms with Crippen molar-refractivity contribution < 1.29 is 9.15 Å². The molecule has 108 valence electrons. The molecule has 1 unspecified atom stereocenters. The lowest BCUT2D eigenvalue weighted by Crippen LogP contribution is -2.22. The average molecular weight is 281 g/mol. The first-order valence-electron chi connectivity index (χ1n) is 7.11. The Bertz CT molecular complexity index is 718. The predicted molar refractivity (Wildman–Crippen MR) is 84.7 cm³/mol. The lowest BCUT2D eigenvalue weighted by molar-refractivity contribution is 0.256. The van der Waals surface area contributed by atoms with E-state index in [4.69, 9.17) is 9.15 Å². The Morgan fingerprint density at radius 2 is 1.90 bits per heavy atom. The second-order valence-corrected chi connectivity index (χ2v) is 5.16. The molecule has 1 heterocycles. The molecule has 0 radical (unpaired) electrons. The molecule has 3 aromatic rings. The minimum Gasteiger partial charge on any atom is -0.491 e. The molecule has 1 N–H and O–H groups in total. The summed E-state index contributed by atoms with van der Waals surface area (Å²) in [6.45, 7) is 2.61. The maximum atomic E-state index is 5.92. The van der Waals surface area contributed by atoms with E-state index in [9.17, 15) is 0 Å². The van der Waals surface area contributed by atoms with Crippen LogP contribution in [0.25, 0.3) is 11.0 Å². The van der Waals surface area contributed by atoms with E-state index in [0.29, 0.717) is 6.61 Å². The minimum atomic E-state index is 0.0258. The van der Waals surface area contributed by atoms with Crippen LogP contribution in [0.5, 0.6) is 5.75 Å². The highest BCUT2D eigenvalue weighted by Crippen LogP contribution is 2.25. The van der Waals surface area contributed by atoms with Crippen molar-refractivity contribution in [3.05, 3.63) is 65.9 Å². The van der Waals surface area contributed by atoms with E-state index < -0.39 is 0 Å². The zero-order valence-corrected chi connectivity index (χ0v) is 12.3. The van der Waals surface area contributed by atoms with Gasteiger partial charge in [-0.25, -0.2) is 0 Å². The second-order valence-electron chi connectivity index (χ2n) is 5.16. The van der Waals surface area contributed by atoms with Crippen LogP contribution in [0.3, 0.4) is 0 Å². The Morgan fingerprint density at radius 3 is 2.67 bits per heavy atom. The zero-order chi connectivity index (χ0) is 14.7. The van der Waals surface area contributed by atoms with Crippen LogP contribution in [0, 0.1) is 6.92 Å². The third-order valence-electron chi connectivity index (χ3n) is 3.54. The molecule has 0 fully saturated rings. The van der Waals surface area contributed by atoms with Crippen LogP contribution >= 0.6 is 0 Å². The molecule has 21 heavy (non-hydrogen) atoms. The Kier molecular flexibility index (Phi) is 3.93. The van der Waals surface area contributed by atoms with Crippen LogP contribution in [-0.4, -0.2) is 13.7 Å². The van der Waals surface area contributed by atoms with Crippen molar-refractivity contribution in [1.82, 2.24) is 5.32 Å². The van der Waals surface area contributed by atoms with Crippen molar-refractivity contribution in [1.29, 1.82) is 0 Å². The summed E-state index contributed by atoms with van der Waals surface area (Å²) in [5.74, 6) is 1.76. The van der Waals surface area contributed by atoms with E-state index in [2.05, 4.69) is 30.4 Å². The third kappa shape index (κ3) is 3.09. The Balaban J connectivity index is 1.78. The molecule has 0 aliphatic rings. The number of para-hydroxylation sites is 1. The van der Waals surface area contributed by atoms with Crippen molar-refractivity contribution >= 4 is 11.0 Å². The van der Waals surface area contributed by atoms with Crippen molar-refractivity contribution in [3.63, 3.8) is 0 Å². The summed E-state index contributed by atoms with van der Waals surface area (Å²) in [5.41, 5.74) is 2.15. The second kappa shape index (κ2) is 6.02. The Morgan fingerprint density at radius 1 is 1.10 bits per heavy atom. The standard InChI is InChI=1S/C18H19NO2/c1-13-8-9-17-14(10-13)11-18(21-17)16(19-2)12-20-15-6-4-3-5-7-15/h3-11,16,19H,12H2,1-2H3. The fourth-order valence-electron chi connectivity index (χ4n) is 2.36. The van der Waals surface area contributed by atoms with Gasteiger partial charge in [-0.2, -0.15) is 0 Å². The van der Waals surface area contributed by atoms with Crippen molar-refractivity contribution in [2.45, 2.75) is 13.0 Å². The molecule has 0 aliphatic heterocycles. The van der Waals surface area contributed by atoms with E-state index in [1.165, 1.54) is 5.56 Å². The van der Waals surface area contributed by atoms with E-state index in [-0.39, 0.29) is 6.04 Å². The molecule has 3 heteroatoms. The van der Waals surface area contributed by atoms with Gasteiger partial charge < -0.3 is 14.5 Å². The van der Waals surface area contributed by atoms with Gasteiger partial charge in [0.25, 0.3) is 0 Å². The maximum absolute atomic E-state index is 5.92. The fourth-order valence-corrected chi connectivity index (χ4v) is 2.36. The lowest BCUT2D eigenvalue weighted by Gasteiger charge is -2.14. The monoisotopic (exact) mass is 281 g/mol. The third-order valence-corrected chi connectivity index (χ3v) is 3.54. The normalized spacial score (nSPS) is 12.5. The zero-order valence-electron chi connectivity index (χ0n) is 12.3. The van der Waals surface area contributed by atoms with Crippen molar-refractivity contribution in [3.8, 4) is 5.75 Å². The van der Waals surface area contributed by atoms with Gasteiger partial charge in [0, 0.05) is 5.39 Å². The summed E-state index contributed by atoms with van der Waals surface area (Å²) in [5, 5.41) is 4.38. The van der Waals surface area contributed by atoms with Gasteiger partial charge in [0.1, 0.15) is 23.7 Å². The number of nitrogens with one attached hydrogen (secondary N) is 1.